The third-order valence-electron chi connectivity index (χ3n) is 5.98. The fourth-order valence-corrected chi connectivity index (χ4v) is 5.89. The fraction of sp³-hybridized carbons (Fsp3) is 0.417. The summed E-state index contributed by atoms with van der Waals surface area (Å²) in [4.78, 5) is 24.7. The number of piperidine rings is 1. The molecule has 2 aromatic carbocycles. The lowest BCUT2D eigenvalue weighted by molar-refractivity contribution is -0.132. The van der Waals surface area contributed by atoms with E-state index in [1.54, 1.807) is 25.1 Å². The Balaban J connectivity index is 1.81. The third kappa shape index (κ3) is 5.19. The molecule has 2 N–H and O–H groups in total. The molecule has 0 radical (unpaired) electrons. The number of carbonyl (C=O) groups excluding carboxylic acids is 2. The van der Waals surface area contributed by atoms with Crippen molar-refractivity contribution in [2.45, 2.75) is 52.0 Å². The second kappa shape index (κ2) is 9.42. The molecule has 1 saturated heterocycles. The number of hydrogen-bond donors (Lipinski definition) is 2. The van der Waals surface area contributed by atoms with E-state index in [2.05, 4.69) is 10.6 Å². The molecule has 8 heteroatoms. The molecule has 2 amide bonds. The number of sulfonamides is 1. The molecule has 1 atom stereocenters. The molecule has 2 aromatic rings. The topological polar surface area (TPSA) is 95.6 Å². The van der Waals surface area contributed by atoms with E-state index >= 15 is 0 Å². The molecule has 1 unspecified atom stereocenters. The molecule has 0 spiro atoms. The smallest absolute Gasteiger partial charge is 0.245 e. The molecule has 3 rings (SSSR count). The van der Waals surface area contributed by atoms with E-state index in [0.29, 0.717) is 25.9 Å². The zero-order valence-electron chi connectivity index (χ0n) is 19.1. The van der Waals surface area contributed by atoms with Crippen molar-refractivity contribution in [3.05, 3.63) is 59.2 Å². The molecule has 1 fully saturated rings. The van der Waals surface area contributed by atoms with E-state index in [9.17, 15) is 18.0 Å². The number of nitrogens with zero attached hydrogens (tertiary/aromatic N) is 1. The first kappa shape index (κ1) is 23.9. The van der Waals surface area contributed by atoms with Crippen LogP contribution in [0.1, 0.15) is 43.4 Å². The molecule has 0 aliphatic carbocycles. The van der Waals surface area contributed by atoms with E-state index in [1.807, 2.05) is 38.1 Å². The molecule has 1 aliphatic heterocycles. The number of carbonyl (C=O) groups is 2. The Morgan fingerprint density at radius 2 is 1.84 bits per heavy atom. The summed E-state index contributed by atoms with van der Waals surface area (Å²) < 4.78 is 28.4. The van der Waals surface area contributed by atoms with Crippen LogP contribution in [-0.2, 0) is 26.2 Å². The van der Waals surface area contributed by atoms with Gasteiger partial charge in [-0.05, 0) is 62.4 Å². The zero-order valence-corrected chi connectivity index (χ0v) is 19.9. The van der Waals surface area contributed by atoms with Gasteiger partial charge in [-0.1, -0.05) is 30.3 Å². The van der Waals surface area contributed by atoms with Gasteiger partial charge in [0.1, 0.15) is 4.90 Å². The van der Waals surface area contributed by atoms with Crippen LogP contribution in [0.2, 0.25) is 0 Å². The fourth-order valence-electron chi connectivity index (χ4n) is 4.06. The van der Waals surface area contributed by atoms with Crippen molar-refractivity contribution < 1.29 is 18.0 Å². The second-order valence-electron chi connectivity index (χ2n) is 8.79. The van der Waals surface area contributed by atoms with Crippen LogP contribution in [0, 0.1) is 19.3 Å². The summed E-state index contributed by atoms with van der Waals surface area (Å²) in [6.07, 6.45) is 1.18. The van der Waals surface area contributed by atoms with E-state index in [4.69, 9.17) is 0 Å². The molecule has 1 aliphatic rings. The minimum Gasteiger partial charge on any atom is -0.352 e. The third-order valence-corrected chi connectivity index (χ3v) is 7.86. The Hall–Kier alpha value is -2.71. The first-order valence-corrected chi connectivity index (χ1v) is 12.2. The predicted octanol–water partition coefficient (Wildman–Crippen LogP) is 3.37. The van der Waals surface area contributed by atoms with Crippen LogP contribution in [0.5, 0.6) is 0 Å². The van der Waals surface area contributed by atoms with Gasteiger partial charge in [0.05, 0.1) is 11.1 Å². The van der Waals surface area contributed by atoms with E-state index in [0.717, 1.165) is 16.7 Å². The quantitative estimate of drug-likeness (QED) is 0.695. The lowest BCUT2D eigenvalue weighted by atomic mass is 9.82. The van der Waals surface area contributed by atoms with Gasteiger partial charge in [-0.2, -0.15) is 4.31 Å². The highest BCUT2D eigenvalue weighted by atomic mass is 32.2. The van der Waals surface area contributed by atoms with Crippen LogP contribution in [-0.4, -0.2) is 37.6 Å². The van der Waals surface area contributed by atoms with Crippen LogP contribution in [0.4, 0.5) is 5.69 Å². The monoisotopic (exact) mass is 457 g/mol. The molecule has 172 valence electrons. The Bertz CT molecular complexity index is 1130. The lowest BCUT2D eigenvalue weighted by Gasteiger charge is -2.38. The van der Waals surface area contributed by atoms with E-state index < -0.39 is 15.4 Å². The van der Waals surface area contributed by atoms with Crippen LogP contribution in [0.3, 0.4) is 0 Å². The highest BCUT2D eigenvalue weighted by Gasteiger charge is 2.42. The predicted molar refractivity (Wildman–Crippen MR) is 125 cm³/mol. The minimum atomic E-state index is -3.90. The van der Waals surface area contributed by atoms with Crippen molar-refractivity contribution in [2.75, 3.05) is 18.4 Å². The average Bonchev–Trinajstić information content (AvgIpc) is 2.74. The summed E-state index contributed by atoms with van der Waals surface area (Å²) >= 11 is 0. The van der Waals surface area contributed by atoms with Crippen LogP contribution in [0.25, 0.3) is 0 Å². The summed E-state index contributed by atoms with van der Waals surface area (Å²) in [7, 11) is -3.90. The van der Waals surface area contributed by atoms with Crippen molar-refractivity contribution in [1.29, 1.82) is 0 Å². The maximum atomic E-state index is 13.5. The Morgan fingerprint density at radius 3 is 2.53 bits per heavy atom. The minimum absolute atomic E-state index is 0.0530. The van der Waals surface area contributed by atoms with Crippen molar-refractivity contribution in [2.24, 2.45) is 5.41 Å². The van der Waals surface area contributed by atoms with Crippen LogP contribution in [0.15, 0.2) is 47.4 Å². The molecule has 32 heavy (non-hydrogen) atoms. The second-order valence-corrected chi connectivity index (χ2v) is 10.7. The van der Waals surface area contributed by atoms with Crippen LogP contribution < -0.4 is 10.6 Å². The maximum absolute atomic E-state index is 13.5. The standard InChI is InChI=1S/C24H31N3O4S/c1-17-10-11-21(26-19(3)28)22(14-17)32(30,31)27-13-7-12-24(4,16-27)23(29)25-15-20-9-6-5-8-18(20)2/h5-6,8-11,14H,7,12-13,15-16H2,1-4H3,(H,25,29)(H,26,28). The van der Waals surface area contributed by atoms with Crippen molar-refractivity contribution in [3.8, 4) is 0 Å². The van der Waals surface area contributed by atoms with Gasteiger partial charge in [0.15, 0.2) is 0 Å². The maximum Gasteiger partial charge on any atom is 0.245 e. The molecule has 1 heterocycles. The average molecular weight is 458 g/mol. The number of aryl methyl sites for hydroxylation is 2. The zero-order chi connectivity index (χ0) is 23.5. The molecule has 0 saturated carbocycles. The summed E-state index contributed by atoms with van der Waals surface area (Å²) in [6, 6.07) is 12.8. The Morgan fingerprint density at radius 1 is 1.12 bits per heavy atom. The molecular formula is C24H31N3O4S. The van der Waals surface area contributed by atoms with Crippen molar-refractivity contribution >= 4 is 27.5 Å². The largest absolute Gasteiger partial charge is 0.352 e. The summed E-state index contributed by atoms with van der Waals surface area (Å²) in [5.41, 5.74) is 2.31. The molecular weight excluding hydrogens is 426 g/mol. The number of benzene rings is 2. The van der Waals surface area contributed by atoms with Gasteiger partial charge >= 0.3 is 0 Å². The number of hydrogen-bond acceptors (Lipinski definition) is 4. The van der Waals surface area contributed by atoms with Crippen molar-refractivity contribution in [3.63, 3.8) is 0 Å². The number of anilines is 1. The highest BCUT2D eigenvalue weighted by molar-refractivity contribution is 7.89. The number of rotatable bonds is 6. The van der Waals surface area contributed by atoms with Gasteiger partial charge < -0.3 is 10.6 Å². The number of nitrogens with one attached hydrogen (secondary N) is 2. The van der Waals surface area contributed by atoms with Gasteiger partial charge in [-0.15, -0.1) is 0 Å². The summed E-state index contributed by atoms with van der Waals surface area (Å²) in [6.45, 7) is 7.76. The Kier molecular flexibility index (Phi) is 7.05. The SMILES string of the molecule is CC(=O)Nc1ccc(C)cc1S(=O)(=O)N1CCCC(C)(C(=O)NCc2ccccc2C)C1. The normalized spacial score (nSPS) is 19.4. The van der Waals surface area contributed by atoms with E-state index in [1.165, 1.54) is 11.2 Å². The van der Waals surface area contributed by atoms with Gasteiger partial charge in [-0.3, -0.25) is 9.59 Å². The van der Waals surface area contributed by atoms with Gasteiger partial charge in [0, 0.05) is 26.6 Å². The first-order valence-electron chi connectivity index (χ1n) is 10.7. The van der Waals surface area contributed by atoms with Crippen LogP contribution >= 0.6 is 0 Å². The van der Waals surface area contributed by atoms with Gasteiger partial charge in [0.25, 0.3) is 0 Å². The summed E-state index contributed by atoms with van der Waals surface area (Å²) in [5.74, 6) is -0.503. The van der Waals surface area contributed by atoms with Gasteiger partial charge in [-0.25, -0.2) is 8.42 Å². The Labute approximate surface area is 190 Å². The van der Waals surface area contributed by atoms with Gasteiger partial charge in [0.2, 0.25) is 21.8 Å². The lowest BCUT2D eigenvalue weighted by Crippen LogP contribution is -2.51. The van der Waals surface area contributed by atoms with Crippen molar-refractivity contribution in [1.82, 2.24) is 9.62 Å². The molecule has 7 nitrogen and oxygen atoms in total. The van der Waals surface area contributed by atoms with E-state index in [-0.39, 0.29) is 28.9 Å². The highest BCUT2D eigenvalue weighted by Crippen LogP contribution is 2.35. The molecule has 0 bridgehead atoms. The molecule has 0 aromatic heterocycles. The summed E-state index contributed by atoms with van der Waals surface area (Å²) in [5, 5.41) is 5.60. The number of amides is 2. The first-order chi connectivity index (χ1) is 15.0.